The molecule has 1 aromatic rings. The van der Waals surface area contributed by atoms with Crippen LogP contribution >= 0.6 is 0 Å². The van der Waals surface area contributed by atoms with Gasteiger partial charge in [0.1, 0.15) is 0 Å². The second-order valence-corrected chi connectivity index (χ2v) is 8.74. The Hall–Kier alpha value is -1.31. The molecule has 0 aliphatic heterocycles. The highest BCUT2D eigenvalue weighted by molar-refractivity contribution is 5.75. The first-order valence-electron chi connectivity index (χ1n) is 9.36. The number of carbonyl (C=O) groups excluding carboxylic acids is 1. The van der Waals surface area contributed by atoms with Crippen LogP contribution in [0.15, 0.2) is 24.3 Å². The SMILES string of the molecule is CCC(=O)NCC12CC3CC(C1)CC(c1ccc(C)cc1)(C3)C2. The summed E-state index contributed by atoms with van der Waals surface area (Å²) < 4.78 is 0. The lowest BCUT2D eigenvalue weighted by molar-refractivity contribution is -0.123. The molecule has 1 amide bonds. The van der Waals surface area contributed by atoms with Gasteiger partial charge in [-0.2, -0.15) is 0 Å². The summed E-state index contributed by atoms with van der Waals surface area (Å²) in [6.07, 6.45) is 8.72. The van der Waals surface area contributed by atoms with Crippen LogP contribution in [0, 0.1) is 24.2 Å². The van der Waals surface area contributed by atoms with Gasteiger partial charge in [0, 0.05) is 13.0 Å². The Morgan fingerprint density at radius 3 is 2.39 bits per heavy atom. The third-order valence-electron chi connectivity index (χ3n) is 6.83. The average Bonchev–Trinajstić information content (AvgIpc) is 2.52. The molecule has 0 spiro atoms. The lowest BCUT2D eigenvalue weighted by Gasteiger charge is -2.62. The molecule has 23 heavy (non-hydrogen) atoms. The minimum absolute atomic E-state index is 0.213. The zero-order chi connectivity index (χ0) is 16.1. The van der Waals surface area contributed by atoms with Gasteiger partial charge in [0.2, 0.25) is 5.91 Å². The number of hydrogen-bond acceptors (Lipinski definition) is 1. The van der Waals surface area contributed by atoms with E-state index in [-0.39, 0.29) is 5.91 Å². The second kappa shape index (κ2) is 5.36. The first kappa shape index (κ1) is 15.2. The normalized spacial score (nSPS) is 37.8. The van der Waals surface area contributed by atoms with Crippen molar-refractivity contribution in [2.75, 3.05) is 6.54 Å². The highest BCUT2D eigenvalue weighted by Gasteiger charge is 2.57. The van der Waals surface area contributed by atoms with Crippen molar-refractivity contribution < 1.29 is 4.79 Å². The molecule has 4 saturated carbocycles. The Labute approximate surface area is 140 Å². The summed E-state index contributed by atoms with van der Waals surface area (Å²) in [5.41, 5.74) is 3.65. The molecule has 0 heterocycles. The van der Waals surface area contributed by atoms with Crippen molar-refractivity contribution in [1.29, 1.82) is 0 Å². The van der Waals surface area contributed by atoms with Gasteiger partial charge in [-0.25, -0.2) is 0 Å². The summed E-state index contributed by atoms with van der Waals surface area (Å²) in [6.45, 7) is 5.02. The lowest BCUT2D eigenvalue weighted by atomic mass is 9.43. The van der Waals surface area contributed by atoms with Crippen molar-refractivity contribution in [3.05, 3.63) is 35.4 Å². The Balaban J connectivity index is 1.62. The molecule has 124 valence electrons. The zero-order valence-corrected chi connectivity index (χ0v) is 14.5. The van der Waals surface area contributed by atoms with Gasteiger partial charge in [-0.1, -0.05) is 36.8 Å². The summed E-state index contributed by atoms with van der Waals surface area (Å²) in [5.74, 6) is 1.96. The number of amides is 1. The van der Waals surface area contributed by atoms with Gasteiger partial charge in [-0.15, -0.1) is 0 Å². The molecule has 4 bridgehead atoms. The van der Waals surface area contributed by atoms with Crippen molar-refractivity contribution in [1.82, 2.24) is 5.32 Å². The summed E-state index contributed by atoms with van der Waals surface area (Å²) in [6, 6.07) is 9.31. The fraction of sp³-hybridized carbons (Fsp3) is 0.667. The fourth-order valence-corrected chi connectivity index (χ4v) is 6.31. The Kier molecular flexibility index (Phi) is 3.55. The summed E-state index contributed by atoms with van der Waals surface area (Å²) in [7, 11) is 0. The molecule has 2 heteroatoms. The van der Waals surface area contributed by atoms with Crippen LogP contribution in [0.1, 0.15) is 63.0 Å². The number of hydrogen-bond donors (Lipinski definition) is 1. The minimum atomic E-state index is 0.213. The van der Waals surface area contributed by atoms with Crippen molar-refractivity contribution in [3.8, 4) is 0 Å². The van der Waals surface area contributed by atoms with E-state index in [9.17, 15) is 4.79 Å². The predicted molar refractivity (Wildman–Crippen MR) is 93.3 cm³/mol. The van der Waals surface area contributed by atoms with Crippen LogP contribution < -0.4 is 5.32 Å². The van der Waals surface area contributed by atoms with E-state index in [0.717, 1.165) is 18.4 Å². The third kappa shape index (κ3) is 2.60. The van der Waals surface area contributed by atoms with E-state index in [2.05, 4.69) is 36.5 Å². The quantitative estimate of drug-likeness (QED) is 0.879. The maximum absolute atomic E-state index is 11.8. The van der Waals surface area contributed by atoms with E-state index in [0.29, 0.717) is 17.3 Å². The molecule has 2 unspecified atom stereocenters. The maximum atomic E-state index is 11.8. The Morgan fingerprint density at radius 2 is 1.78 bits per heavy atom. The summed E-state index contributed by atoms with van der Waals surface area (Å²) >= 11 is 0. The average molecular weight is 311 g/mol. The molecule has 2 nitrogen and oxygen atoms in total. The van der Waals surface area contributed by atoms with E-state index in [1.165, 1.54) is 44.1 Å². The molecule has 5 rings (SSSR count). The molecule has 4 fully saturated rings. The highest BCUT2D eigenvalue weighted by Crippen LogP contribution is 2.65. The summed E-state index contributed by atoms with van der Waals surface area (Å²) in [4.78, 5) is 11.8. The van der Waals surface area contributed by atoms with E-state index < -0.39 is 0 Å². The van der Waals surface area contributed by atoms with Crippen molar-refractivity contribution in [3.63, 3.8) is 0 Å². The molecule has 4 aliphatic carbocycles. The second-order valence-electron chi connectivity index (χ2n) is 8.74. The Morgan fingerprint density at radius 1 is 1.13 bits per heavy atom. The van der Waals surface area contributed by atoms with Crippen molar-refractivity contribution >= 4 is 5.91 Å². The minimum Gasteiger partial charge on any atom is -0.356 e. The van der Waals surface area contributed by atoms with Crippen LogP contribution in [-0.4, -0.2) is 12.5 Å². The van der Waals surface area contributed by atoms with Gasteiger partial charge >= 0.3 is 0 Å². The van der Waals surface area contributed by atoms with Crippen LogP contribution in [0.5, 0.6) is 0 Å². The van der Waals surface area contributed by atoms with E-state index in [4.69, 9.17) is 0 Å². The predicted octanol–water partition coefficient (Wildman–Crippen LogP) is 4.36. The number of nitrogens with one attached hydrogen (secondary N) is 1. The Bertz CT molecular complexity index is 589. The number of carbonyl (C=O) groups is 1. The monoisotopic (exact) mass is 311 g/mol. The number of benzene rings is 1. The molecule has 1 aromatic carbocycles. The molecule has 0 radical (unpaired) electrons. The smallest absolute Gasteiger partial charge is 0.219 e. The van der Waals surface area contributed by atoms with Gasteiger partial charge in [-0.05, 0) is 73.7 Å². The first-order chi connectivity index (χ1) is 11.0. The molecular formula is C21H29NO. The van der Waals surface area contributed by atoms with Gasteiger partial charge in [-0.3, -0.25) is 4.79 Å². The maximum Gasteiger partial charge on any atom is 0.219 e. The van der Waals surface area contributed by atoms with E-state index in [1.54, 1.807) is 5.56 Å². The van der Waals surface area contributed by atoms with Crippen molar-refractivity contribution in [2.45, 2.75) is 64.2 Å². The lowest BCUT2D eigenvalue weighted by Crippen LogP contribution is -2.57. The number of aryl methyl sites for hydroxylation is 1. The van der Waals surface area contributed by atoms with Crippen LogP contribution in [0.3, 0.4) is 0 Å². The zero-order valence-electron chi connectivity index (χ0n) is 14.5. The molecular weight excluding hydrogens is 282 g/mol. The highest BCUT2D eigenvalue weighted by atomic mass is 16.1. The van der Waals surface area contributed by atoms with Crippen LogP contribution in [0.2, 0.25) is 0 Å². The molecule has 0 aromatic heterocycles. The largest absolute Gasteiger partial charge is 0.356 e. The topological polar surface area (TPSA) is 29.1 Å². The first-order valence-corrected chi connectivity index (χ1v) is 9.36. The van der Waals surface area contributed by atoms with E-state index >= 15 is 0 Å². The van der Waals surface area contributed by atoms with Crippen molar-refractivity contribution in [2.24, 2.45) is 17.3 Å². The standard InChI is InChI=1S/C21H29NO/c1-3-19(23)22-14-20-9-16-8-17(10-20)12-21(11-16,13-20)18-6-4-15(2)5-7-18/h4-7,16-17H,3,8-14H2,1-2H3,(H,22,23). The van der Waals surface area contributed by atoms with Crippen LogP contribution in [0.25, 0.3) is 0 Å². The van der Waals surface area contributed by atoms with Gasteiger partial charge in [0.15, 0.2) is 0 Å². The molecule has 0 saturated heterocycles. The number of rotatable bonds is 4. The third-order valence-corrected chi connectivity index (χ3v) is 6.83. The molecule has 4 aliphatic rings. The molecule has 2 atom stereocenters. The fourth-order valence-electron chi connectivity index (χ4n) is 6.31. The summed E-state index contributed by atoms with van der Waals surface area (Å²) in [5, 5.41) is 3.23. The van der Waals surface area contributed by atoms with Crippen LogP contribution in [-0.2, 0) is 10.2 Å². The van der Waals surface area contributed by atoms with Gasteiger partial charge in [0.25, 0.3) is 0 Å². The van der Waals surface area contributed by atoms with E-state index in [1.807, 2.05) is 6.92 Å². The van der Waals surface area contributed by atoms with Gasteiger partial charge < -0.3 is 5.32 Å². The van der Waals surface area contributed by atoms with Gasteiger partial charge in [0.05, 0.1) is 0 Å². The molecule has 1 N–H and O–H groups in total. The van der Waals surface area contributed by atoms with Crippen LogP contribution in [0.4, 0.5) is 0 Å².